The second-order valence-corrected chi connectivity index (χ2v) is 4.97. The molecule has 1 fully saturated rings. The van der Waals surface area contributed by atoms with Crippen LogP contribution in [-0.4, -0.2) is 11.5 Å². The first-order valence-corrected chi connectivity index (χ1v) is 6.84. The molecule has 2 heterocycles. The Balaban J connectivity index is 1.95. The molecule has 1 atom stereocenters. The molecule has 0 saturated carbocycles. The van der Waals surface area contributed by atoms with Crippen molar-refractivity contribution in [1.82, 2.24) is 4.98 Å². The molecule has 0 aliphatic carbocycles. The molecule has 2 N–H and O–H groups in total. The van der Waals surface area contributed by atoms with Gasteiger partial charge in [-0.15, -0.1) is 0 Å². The van der Waals surface area contributed by atoms with Crippen molar-refractivity contribution in [2.45, 2.75) is 25.4 Å². The molecule has 3 nitrogen and oxygen atoms in total. The van der Waals surface area contributed by atoms with E-state index < -0.39 is 0 Å². The fourth-order valence-corrected chi connectivity index (χ4v) is 2.94. The van der Waals surface area contributed by atoms with Gasteiger partial charge < -0.3 is 10.6 Å². The third kappa shape index (κ3) is 2.34. The maximum absolute atomic E-state index is 5.86. The van der Waals surface area contributed by atoms with E-state index in [1.165, 1.54) is 29.7 Å². The highest BCUT2D eigenvalue weighted by Crippen LogP contribution is 2.37. The molecule has 1 saturated heterocycles. The first-order chi connectivity index (χ1) is 9.40. The zero-order valence-electron chi connectivity index (χ0n) is 11.0. The summed E-state index contributed by atoms with van der Waals surface area (Å²) in [5.41, 5.74) is 9.66. The van der Waals surface area contributed by atoms with Crippen molar-refractivity contribution in [1.29, 1.82) is 0 Å². The Hall–Kier alpha value is -1.87. The molecule has 1 unspecified atom stereocenters. The van der Waals surface area contributed by atoms with Crippen LogP contribution in [0.25, 0.3) is 0 Å². The minimum atomic E-state index is 0.432. The summed E-state index contributed by atoms with van der Waals surface area (Å²) in [5.74, 6) is 0. The summed E-state index contributed by atoms with van der Waals surface area (Å²) in [4.78, 5) is 6.72. The summed E-state index contributed by atoms with van der Waals surface area (Å²) in [6.07, 6.45) is 6.22. The number of hydrogen-bond acceptors (Lipinski definition) is 3. The fraction of sp³-hybridized carbons (Fsp3) is 0.312. The number of pyridine rings is 1. The molecule has 0 amide bonds. The molecule has 1 aromatic heterocycles. The van der Waals surface area contributed by atoms with Gasteiger partial charge in [0.2, 0.25) is 0 Å². The van der Waals surface area contributed by atoms with E-state index in [2.05, 4.69) is 40.2 Å². The summed E-state index contributed by atoms with van der Waals surface area (Å²) < 4.78 is 0. The van der Waals surface area contributed by atoms with Crippen molar-refractivity contribution in [3.63, 3.8) is 0 Å². The van der Waals surface area contributed by atoms with E-state index in [4.69, 9.17) is 5.73 Å². The Morgan fingerprint density at radius 2 is 2.11 bits per heavy atom. The summed E-state index contributed by atoms with van der Waals surface area (Å²) in [6, 6.07) is 13.1. The van der Waals surface area contributed by atoms with Crippen LogP contribution in [0.3, 0.4) is 0 Å². The molecule has 3 rings (SSSR count). The van der Waals surface area contributed by atoms with Crippen LogP contribution in [0.15, 0.2) is 48.8 Å². The average molecular weight is 253 g/mol. The number of benzene rings is 1. The van der Waals surface area contributed by atoms with Gasteiger partial charge in [0.15, 0.2) is 0 Å². The standard InChI is InChI=1S/C16H19N3/c17-11-13-5-1-2-7-15(13)19-10-4-8-16(19)14-6-3-9-18-12-14/h1-3,5-7,9,12,16H,4,8,10-11,17H2. The van der Waals surface area contributed by atoms with Gasteiger partial charge in [-0.3, -0.25) is 4.98 Å². The van der Waals surface area contributed by atoms with Crippen molar-refractivity contribution < 1.29 is 0 Å². The second kappa shape index (κ2) is 5.41. The van der Waals surface area contributed by atoms with Crippen molar-refractivity contribution in [2.24, 2.45) is 5.73 Å². The van der Waals surface area contributed by atoms with Crippen LogP contribution < -0.4 is 10.6 Å². The van der Waals surface area contributed by atoms with Crippen LogP contribution in [0.4, 0.5) is 5.69 Å². The molecule has 19 heavy (non-hydrogen) atoms. The number of aromatic nitrogens is 1. The average Bonchev–Trinajstić information content (AvgIpc) is 2.97. The van der Waals surface area contributed by atoms with Crippen LogP contribution in [0.1, 0.15) is 30.0 Å². The molecule has 1 aliphatic rings. The Morgan fingerprint density at radius 3 is 2.89 bits per heavy atom. The zero-order chi connectivity index (χ0) is 13.1. The molecule has 2 aromatic rings. The molecule has 1 aromatic carbocycles. The smallest absolute Gasteiger partial charge is 0.0558 e. The first-order valence-electron chi connectivity index (χ1n) is 6.84. The van der Waals surface area contributed by atoms with Crippen LogP contribution in [0, 0.1) is 0 Å². The lowest BCUT2D eigenvalue weighted by atomic mass is 10.1. The van der Waals surface area contributed by atoms with Gasteiger partial charge in [0.1, 0.15) is 0 Å². The van der Waals surface area contributed by atoms with Gasteiger partial charge in [-0.25, -0.2) is 0 Å². The van der Waals surface area contributed by atoms with Crippen LogP contribution in [-0.2, 0) is 6.54 Å². The van der Waals surface area contributed by atoms with Gasteiger partial charge >= 0.3 is 0 Å². The SMILES string of the molecule is NCc1ccccc1N1CCCC1c1cccnc1. The molecular formula is C16H19N3. The molecule has 98 valence electrons. The third-order valence-electron chi connectivity index (χ3n) is 3.84. The van der Waals surface area contributed by atoms with E-state index in [-0.39, 0.29) is 0 Å². The molecule has 0 bridgehead atoms. The summed E-state index contributed by atoms with van der Waals surface area (Å²) in [6.45, 7) is 1.68. The van der Waals surface area contributed by atoms with Gasteiger partial charge in [-0.05, 0) is 36.1 Å². The second-order valence-electron chi connectivity index (χ2n) is 4.97. The summed E-state index contributed by atoms with van der Waals surface area (Å²) in [5, 5.41) is 0. The molecule has 0 radical (unpaired) electrons. The minimum absolute atomic E-state index is 0.432. The van der Waals surface area contributed by atoms with Crippen molar-refractivity contribution in [3.8, 4) is 0 Å². The Morgan fingerprint density at radius 1 is 1.21 bits per heavy atom. The number of hydrogen-bond donors (Lipinski definition) is 1. The summed E-state index contributed by atoms with van der Waals surface area (Å²) in [7, 11) is 0. The highest BCUT2D eigenvalue weighted by atomic mass is 15.2. The molecule has 3 heteroatoms. The number of nitrogens with zero attached hydrogens (tertiary/aromatic N) is 2. The minimum Gasteiger partial charge on any atom is -0.364 e. The maximum Gasteiger partial charge on any atom is 0.0558 e. The zero-order valence-corrected chi connectivity index (χ0v) is 11.0. The van der Waals surface area contributed by atoms with Gasteiger partial charge in [-0.2, -0.15) is 0 Å². The van der Waals surface area contributed by atoms with Gasteiger partial charge in [0.05, 0.1) is 6.04 Å². The van der Waals surface area contributed by atoms with Gasteiger partial charge in [-0.1, -0.05) is 24.3 Å². The predicted octanol–water partition coefficient (Wildman–Crippen LogP) is 2.88. The lowest BCUT2D eigenvalue weighted by Gasteiger charge is -2.28. The number of para-hydroxylation sites is 1. The van der Waals surface area contributed by atoms with Crippen LogP contribution in [0.5, 0.6) is 0 Å². The fourth-order valence-electron chi connectivity index (χ4n) is 2.94. The van der Waals surface area contributed by atoms with Crippen LogP contribution >= 0.6 is 0 Å². The highest BCUT2D eigenvalue weighted by Gasteiger charge is 2.27. The molecular weight excluding hydrogens is 234 g/mol. The van der Waals surface area contributed by atoms with Crippen LogP contribution in [0.2, 0.25) is 0 Å². The van der Waals surface area contributed by atoms with Crippen molar-refractivity contribution >= 4 is 5.69 Å². The van der Waals surface area contributed by atoms with Gasteiger partial charge in [0.25, 0.3) is 0 Å². The van der Waals surface area contributed by atoms with E-state index in [0.29, 0.717) is 12.6 Å². The third-order valence-corrected chi connectivity index (χ3v) is 3.84. The largest absolute Gasteiger partial charge is 0.364 e. The normalized spacial score (nSPS) is 18.8. The lowest BCUT2D eigenvalue weighted by Crippen LogP contribution is -2.24. The van der Waals surface area contributed by atoms with E-state index in [1.54, 1.807) is 0 Å². The quantitative estimate of drug-likeness (QED) is 0.914. The Bertz CT molecular complexity index is 539. The molecule has 1 aliphatic heterocycles. The predicted molar refractivity (Wildman–Crippen MR) is 77.9 cm³/mol. The van der Waals surface area contributed by atoms with E-state index in [9.17, 15) is 0 Å². The van der Waals surface area contributed by atoms with Crippen molar-refractivity contribution in [3.05, 3.63) is 59.9 Å². The van der Waals surface area contributed by atoms with E-state index >= 15 is 0 Å². The maximum atomic E-state index is 5.86. The molecule has 0 spiro atoms. The number of nitrogens with two attached hydrogens (primary N) is 1. The topological polar surface area (TPSA) is 42.1 Å². The van der Waals surface area contributed by atoms with E-state index in [0.717, 1.165) is 6.54 Å². The van der Waals surface area contributed by atoms with Crippen molar-refractivity contribution in [2.75, 3.05) is 11.4 Å². The van der Waals surface area contributed by atoms with E-state index in [1.807, 2.05) is 18.5 Å². The Kier molecular flexibility index (Phi) is 3.47. The number of anilines is 1. The van der Waals surface area contributed by atoms with Gasteiger partial charge in [0, 0.05) is 31.2 Å². The highest BCUT2D eigenvalue weighted by molar-refractivity contribution is 5.56. The summed E-state index contributed by atoms with van der Waals surface area (Å²) >= 11 is 0. The Labute approximate surface area is 114 Å². The monoisotopic (exact) mass is 253 g/mol. The number of rotatable bonds is 3. The first kappa shape index (κ1) is 12.2. The lowest BCUT2D eigenvalue weighted by molar-refractivity contribution is 0.712.